The van der Waals surface area contributed by atoms with Crippen molar-refractivity contribution in [1.82, 2.24) is 5.32 Å². The lowest BCUT2D eigenvalue weighted by Gasteiger charge is -2.20. The number of urea groups is 1. The quantitative estimate of drug-likeness (QED) is 0.778. The number of ether oxygens (including phenoxy) is 1. The number of carboxylic acids is 1. The molecule has 2 aliphatic heterocycles. The van der Waals surface area contributed by atoms with E-state index in [-0.39, 0.29) is 29.8 Å². The molecule has 2 bridgehead atoms. The van der Waals surface area contributed by atoms with Gasteiger partial charge in [0.15, 0.2) is 0 Å². The van der Waals surface area contributed by atoms with Crippen LogP contribution in [0, 0.1) is 0 Å². The summed E-state index contributed by atoms with van der Waals surface area (Å²) >= 11 is 3.23. The van der Waals surface area contributed by atoms with Crippen LogP contribution in [-0.4, -0.2) is 35.4 Å². The number of anilines is 1. The maximum atomic E-state index is 12.0. The number of carboxylic acid groups (broad SMARTS) is 1. The van der Waals surface area contributed by atoms with Crippen LogP contribution in [-0.2, 0) is 4.74 Å². The van der Waals surface area contributed by atoms with E-state index in [0.717, 1.165) is 19.3 Å². The van der Waals surface area contributed by atoms with E-state index in [1.165, 1.54) is 12.1 Å². The molecule has 3 rings (SSSR count). The van der Waals surface area contributed by atoms with Crippen molar-refractivity contribution in [3.05, 3.63) is 28.2 Å². The molecule has 6 nitrogen and oxygen atoms in total. The molecule has 2 aliphatic rings. The van der Waals surface area contributed by atoms with E-state index in [1.807, 2.05) is 0 Å². The lowest BCUT2D eigenvalue weighted by molar-refractivity contribution is 0.0696. The molecule has 2 heterocycles. The first-order valence-electron chi connectivity index (χ1n) is 6.78. The number of rotatable bonds is 3. The van der Waals surface area contributed by atoms with Crippen LogP contribution in [0.4, 0.5) is 10.5 Å². The maximum absolute atomic E-state index is 12.0. The van der Waals surface area contributed by atoms with Crippen molar-refractivity contribution < 1.29 is 19.4 Å². The van der Waals surface area contributed by atoms with Crippen LogP contribution in [0.3, 0.4) is 0 Å². The first kappa shape index (κ1) is 14.3. The first-order valence-corrected chi connectivity index (χ1v) is 7.57. The number of aromatic carboxylic acids is 1. The molecule has 7 heteroatoms. The van der Waals surface area contributed by atoms with Gasteiger partial charge < -0.3 is 20.5 Å². The third kappa shape index (κ3) is 3.19. The fourth-order valence-electron chi connectivity index (χ4n) is 2.91. The molecule has 3 N–H and O–H groups in total. The molecular formula is C14H15BrN2O4. The summed E-state index contributed by atoms with van der Waals surface area (Å²) in [6, 6.07) is 4.25. The Hall–Kier alpha value is -1.60. The summed E-state index contributed by atoms with van der Waals surface area (Å²) in [7, 11) is 0. The number of carbonyl (C=O) groups is 2. The Morgan fingerprint density at radius 1 is 1.29 bits per heavy atom. The van der Waals surface area contributed by atoms with Crippen molar-refractivity contribution in [2.24, 2.45) is 0 Å². The molecule has 0 saturated carbocycles. The Kier molecular flexibility index (Phi) is 3.86. The van der Waals surface area contributed by atoms with Gasteiger partial charge >= 0.3 is 12.0 Å². The van der Waals surface area contributed by atoms with Gasteiger partial charge in [0, 0.05) is 10.2 Å². The van der Waals surface area contributed by atoms with E-state index in [4.69, 9.17) is 9.84 Å². The molecule has 2 fully saturated rings. The van der Waals surface area contributed by atoms with Crippen molar-refractivity contribution in [3.63, 3.8) is 0 Å². The van der Waals surface area contributed by atoms with Crippen molar-refractivity contribution >= 4 is 33.6 Å². The van der Waals surface area contributed by atoms with E-state index < -0.39 is 5.97 Å². The van der Waals surface area contributed by atoms with E-state index in [9.17, 15) is 9.59 Å². The van der Waals surface area contributed by atoms with Crippen molar-refractivity contribution in [1.29, 1.82) is 0 Å². The molecule has 1 aromatic rings. The van der Waals surface area contributed by atoms with Crippen LogP contribution in [0.25, 0.3) is 0 Å². The number of fused-ring (bicyclic) bond motifs is 2. The second kappa shape index (κ2) is 5.65. The Morgan fingerprint density at radius 3 is 2.71 bits per heavy atom. The summed E-state index contributed by atoms with van der Waals surface area (Å²) in [5.41, 5.74) is 0.547. The summed E-state index contributed by atoms with van der Waals surface area (Å²) in [6.07, 6.45) is 3.27. The second-order valence-electron chi connectivity index (χ2n) is 5.35. The predicted molar refractivity (Wildman–Crippen MR) is 79.6 cm³/mol. The van der Waals surface area contributed by atoms with Gasteiger partial charge in [-0.25, -0.2) is 9.59 Å². The third-order valence-electron chi connectivity index (χ3n) is 3.83. The minimum Gasteiger partial charge on any atom is -0.478 e. The van der Waals surface area contributed by atoms with Gasteiger partial charge in [0.1, 0.15) is 0 Å². The third-order valence-corrected chi connectivity index (χ3v) is 4.28. The maximum Gasteiger partial charge on any atom is 0.335 e. The van der Waals surface area contributed by atoms with Crippen molar-refractivity contribution in [3.8, 4) is 0 Å². The Labute approximate surface area is 130 Å². The number of amides is 2. The molecule has 2 amide bonds. The highest BCUT2D eigenvalue weighted by Gasteiger charge is 2.41. The van der Waals surface area contributed by atoms with Gasteiger partial charge in [-0.05, 0) is 37.5 Å². The number of hydrogen-bond acceptors (Lipinski definition) is 3. The summed E-state index contributed by atoms with van der Waals surface area (Å²) in [5.74, 6) is -1.04. The molecule has 21 heavy (non-hydrogen) atoms. The lowest BCUT2D eigenvalue weighted by Crippen LogP contribution is -2.43. The van der Waals surface area contributed by atoms with E-state index in [1.54, 1.807) is 6.07 Å². The molecule has 112 valence electrons. The molecule has 1 aromatic carbocycles. The fraction of sp³-hybridized carbons (Fsp3) is 0.429. The highest BCUT2D eigenvalue weighted by atomic mass is 79.9. The van der Waals surface area contributed by atoms with Crippen LogP contribution < -0.4 is 10.6 Å². The first-order chi connectivity index (χ1) is 10.0. The molecule has 0 aromatic heterocycles. The highest BCUT2D eigenvalue weighted by molar-refractivity contribution is 9.10. The van der Waals surface area contributed by atoms with Gasteiger partial charge in [0.2, 0.25) is 0 Å². The Balaban J connectivity index is 1.63. The highest BCUT2D eigenvalue weighted by Crippen LogP contribution is 2.34. The summed E-state index contributed by atoms with van der Waals surface area (Å²) in [4.78, 5) is 23.0. The number of nitrogens with one attached hydrogen (secondary N) is 2. The fourth-order valence-corrected chi connectivity index (χ4v) is 3.40. The van der Waals surface area contributed by atoms with E-state index in [0.29, 0.717) is 10.2 Å². The SMILES string of the molecule is O=C(Nc1cc(Br)cc(C(=O)O)c1)NC1CC2CCC1O2. The molecule has 3 atom stereocenters. The topological polar surface area (TPSA) is 87.7 Å². The summed E-state index contributed by atoms with van der Waals surface area (Å²) < 4.78 is 6.28. The van der Waals surface area contributed by atoms with E-state index >= 15 is 0 Å². The normalized spacial score (nSPS) is 26.6. The van der Waals surface area contributed by atoms with Crippen LogP contribution >= 0.6 is 15.9 Å². The zero-order valence-corrected chi connectivity index (χ0v) is 12.7. The van der Waals surface area contributed by atoms with Gasteiger partial charge in [-0.1, -0.05) is 15.9 Å². The summed E-state index contributed by atoms with van der Waals surface area (Å²) in [5, 5.41) is 14.6. The molecule has 2 saturated heterocycles. The molecule has 0 radical (unpaired) electrons. The lowest BCUT2D eigenvalue weighted by atomic mass is 9.96. The van der Waals surface area contributed by atoms with Crippen LogP contribution in [0.2, 0.25) is 0 Å². The molecule has 0 aliphatic carbocycles. The number of hydrogen-bond donors (Lipinski definition) is 3. The largest absolute Gasteiger partial charge is 0.478 e. The smallest absolute Gasteiger partial charge is 0.335 e. The van der Waals surface area contributed by atoms with Gasteiger partial charge in [-0.2, -0.15) is 0 Å². The standard InChI is InChI=1S/C14H15BrN2O4/c15-8-3-7(13(18)19)4-9(5-8)16-14(20)17-11-6-10-1-2-12(11)21-10/h3-5,10-12H,1-2,6H2,(H,18,19)(H2,16,17,20). The van der Waals surface area contributed by atoms with E-state index in [2.05, 4.69) is 26.6 Å². The molecular weight excluding hydrogens is 340 g/mol. The van der Waals surface area contributed by atoms with Gasteiger partial charge in [0.05, 0.1) is 23.8 Å². The minimum atomic E-state index is -1.04. The van der Waals surface area contributed by atoms with Gasteiger partial charge in [-0.15, -0.1) is 0 Å². The van der Waals surface area contributed by atoms with Gasteiger partial charge in [0.25, 0.3) is 0 Å². The minimum absolute atomic E-state index is 0.0369. The second-order valence-corrected chi connectivity index (χ2v) is 6.26. The van der Waals surface area contributed by atoms with Crippen LogP contribution in [0.5, 0.6) is 0 Å². The van der Waals surface area contributed by atoms with Crippen molar-refractivity contribution in [2.45, 2.75) is 37.5 Å². The number of benzene rings is 1. The van der Waals surface area contributed by atoms with Crippen LogP contribution in [0.1, 0.15) is 29.6 Å². The Morgan fingerprint density at radius 2 is 2.10 bits per heavy atom. The average molecular weight is 355 g/mol. The van der Waals surface area contributed by atoms with Gasteiger partial charge in [-0.3, -0.25) is 0 Å². The summed E-state index contributed by atoms with van der Waals surface area (Å²) in [6.45, 7) is 0. The van der Waals surface area contributed by atoms with Crippen molar-refractivity contribution in [2.75, 3.05) is 5.32 Å². The Bertz CT molecular complexity index is 592. The average Bonchev–Trinajstić information content (AvgIpc) is 2.99. The number of halogens is 1. The zero-order valence-electron chi connectivity index (χ0n) is 11.1. The predicted octanol–water partition coefficient (Wildman–Crippen LogP) is 2.59. The zero-order chi connectivity index (χ0) is 15.0. The number of carbonyl (C=O) groups excluding carboxylic acids is 1. The monoisotopic (exact) mass is 354 g/mol. The molecule has 0 spiro atoms. The molecule has 3 unspecified atom stereocenters. The van der Waals surface area contributed by atoms with Crippen LogP contribution in [0.15, 0.2) is 22.7 Å².